The second kappa shape index (κ2) is 6.22. The highest BCUT2D eigenvalue weighted by atomic mass is 79.9. The Morgan fingerprint density at radius 3 is 2.63 bits per heavy atom. The van der Waals surface area contributed by atoms with Gasteiger partial charge in [0.15, 0.2) is 5.78 Å². The normalized spacial score (nSPS) is 10.3. The molecular formula is C15H12BrClO2. The molecule has 2 aromatic rings. The van der Waals surface area contributed by atoms with Crippen LogP contribution < -0.4 is 4.74 Å². The van der Waals surface area contributed by atoms with Crippen LogP contribution in [-0.4, -0.2) is 5.78 Å². The molecule has 0 amide bonds. The van der Waals surface area contributed by atoms with Crippen LogP contribution in [0.1, 0.15) is 23.7 Å². The first-order valence-corrected chi connectivity index (χ1v) is 7.04. The van der Waals surface area contributed by atoms with Gasteiger partial charge >= 0.3 is 0 Å². The Morgan fingerprint density at radius 1 is 1.21 bits per heavy atom. The van der Waals surface area contributed by atoms with E-state index in [-0.39, 0.29) is 5.78 Å². The van der Waals surface area contributed by atoms with Crippen molar-refractivity contribution in [2.75, 3.05) is 0 Å². The highest BCUT2D eigenvalue weighted by molar-refractivity contribution is 9.10. The molecule has 0 unspecified atom stereocenters. The molecule has 0 heterocycles. The van der Waals surface area contributed by atoms with Crippen molar-refractivity contribution in [3.05, 3.63) is 57.5 Å². The average molecular weight is 340 g/mol. The van der Waals surface area contributed by atoms with Gasteiger partial charge in [-0.2, -0.15) is 0 Å². The van der Waals surface area contributed by atoms with E-state index in [0.29, 0.717) is 28.5 Å². The summed E-state index contributed by atoms with van der Waals surface area (Å²) in [4.78, 5) is 11.9. The lowest BCUT2D eigenvalue weighted by Gasteiger charge is -2.11. The predicted molar refractivity (Wildman–Crippen MR) is 80.3 cm³/mol. The molecule has 0 fully saturated rings. The summed E-state index contributed by atoms with van der Waals surface area (Å²) in [6, 6.07) is 12.5. The molecule has 0 aliphatic carbocycles. The third-order valence-corrected chi connectivity index (χ3v) is 3.48. The van der Waals surface area contributed by atoms with E-state index in [0.717, 1.165) is 4.47 Å². The topological polar surface area (TPSA) is 26.3 Å². The first-order valence-electron chi connectivity index (χ1n) is 5.87. The number of hydrogen-bond donors (Lipinski definition) is 0. The summed E-state index contributed by atoms with van der Waals surface area (Å²) in [7, 11) is 0. The van der Waals surface area contributed by atoms with Crippen molar-refractivity contribution in [2.24, 2.45) is 0 Å². The number of carbonyl (C=O) groups is 1. The van der Waals surface area contributed by atoms with Gasteiger partial charge in [0, 0.05) is 11.4 Å². The number of hydrogen-bond acceptors (Lipinski definition) is 2. The number of benzene rings is 2. The zero-order valence-corrected chi connectivity index (χ0v) is 12.7. The van der Waals surface area contributed by atoms with Crippen LogP contribution in [0.4, 0.5) is 0 Å². The third-order valence-electron chi connectivity index (χ3n) is 2.62. The van der Waals surface area contributed by atoms with E-state index in [9.17, 15) is 4.79 Å². The molecule has 0 N–H and O–H groups in total. The maximum Gasteiger partial charge on any atom is 0.166 e. The van der Waals surface area contributed by atoms with Crippen molar-refractivity contribution in [1.29, 1.82) is 0 Å². The average Bonchev–Trinajstić information content (AvgIpc) is 2.41. The number of Topliss-reactive ketones (excluding diaryl/α,β-unsaturated/α-hetero) is 1. The molecule has 0 aliphatic heterocycles. The minimum Gasteiger partial charge on any atom is -0.455 e. The monoisotopic (exact) mass is 338 g/mol. The first kappa shape index (κ1) is 14.1. The fourth-order valence-corrected chi connectivity index (χ4v) is 2.42. The highest BCUT2D eigenvalue weighted by Gasteiger charge is 2.12. The van der Waals surface area contributed by atoms with Gasteiger partial charge in [-0.25, -0.2) is 0 Å². The second-order valence-corrected chi connectivity index (χ2v) is 5.24. The Labute approximate surface area is 125 Å². The summed E-state index contributed by atoms with van der Waals surface area (Å²) in [6.07, 6.45) is 0.447. The van der Waals surface area contributed by atoms with Crippen molar-refractivity contribution in [3.8, 4) is 11.5 Å². The van der Waals surface area contributed by atoms with E-state index in [4.69, 9.17) is 16.3 Å². The minimum absolute atomic E-state index is 0.0562. The van der Waals surface area contributed by atoms with Crippen LogP contribution in [0.15, 0.2) is 46.9 Å². The van der Waals surface area contributed by atoms with Crippen LogP contribution in [-0.2, 0) is 0 Å². The van der Waals surface area contributed by atoms with E-state index in [2.05, 4.69) is 15.9 Å². The molecule has 0 bridgehead atoms. The lowest BCUT2D eigenvalue weighted by atomic mass is 10.1. The van der Waals surface area contributed by atoms with Crippen molar-refractivity contribution in [1.82, 2.24) is 0 Å². The number of ether oxygens (including phenoxy) is 1. The van der Waals surface area contributed by atoms with Gasteiger partial charge in [0.25, 0.3) is 0 Å². The maximum absolute atomic E-state index is 11.9. The zero-order valence-electron chi connectivity index (χ0n) is 10.3. The predicted octanol–water partition coefficient (Wildman–Crippen LogP) is 5.49. The van der Waals surface area contributed by atoms with Crippen LogP contribution in [0.2, 0.25) is 5.02 Å². The van der Waals surface area contributed by atoms with Crippen LogP contribution in [0, 0.1) is 0 Å². The quantitative estimate of drug-likeness (QED) is 0.689. The Kier molecular flexibility index (Phi) is 4.61. The summed E-state index contributed by atoms with van der Waals surface area (Å²) < 4.78 is 6.54. The summed E-state index contributed by atoms with van der Waals surface area (Å²) in [5.41, 5.74) is 0.590. The summed E-state index contributed by atoms with van der Waals surface area (Å²) >= 11 is 9.27. The number of rotatable bonds is 4. The lowest BCUT2D eigenvalue weighted by Crippen LogP contribution is -1.99. The van der Waals surface area contributed by atoms with Crippen LogP contribution in [0.25, 0.3) is 0 Å². The van der Waals surface area contributed by atoms with E-state index in [1.807, 2.05) is 19.1 Å². The number of halogens is 2. The molecule has 2 rings (SSSR count). The minimum atomic E-state index is 0.0562. The Morgan fingerprint density at radius 2 is 1.95 bits per heavy atom. The molecule has 0 saturated carbocycles. The van der Waals surface area contributed by atoms with Gasteiger partial charge < -0.3 is 4.74 Å². The molecule has 0 aliphatic rings. The van der Waals surface area contributed by atoms with Gasteiger partial charge in [-0.15, -0.1) is 0 Å². The fourth-order valence-electron chi connectivity index (χ4n) is 1.65. The molecule has 0 atom stereocenters. The second-order valence-electron chi connectivity index (χ2n) is 3.95. The Balaban J connectivity index is 2.35. The van der Waals surface area contributed by atoms with Crippen LogP contribution >= 0.6 is 27.5 Å². The van der Waals surface area contributed by atoms with Crippen molar-refractivity contribution in [2.45, 2.75) is 13.3 Å². The molecule has 2 aromatic carbocycles. The fraction of sp³-hybridized carbons (Fsp3) is 0.133. The molecular weight excluding hydrogens is 328 g/mol. The van der Waals surface area contributed by atoms with Crippen molar-refractivity contribution >= 4 is 33.3 Å². The van der Waals surface area contributed by atoms with E-state index in [1.165, 1.54) is 0 Å². The Bertz CT molecular complexity index is 611. The van der Waals surface area contributed by atoms with Gasteiger partial charge in [0.2, 0.25) is 0 Å². The molecule has 4 heteroatoms. The molecule has 0 radical (unpaired) electrons. The van der Waals surface area contributed by atoms with Crippen molar-refractivity contribution < 1.29 is 9.53 Å². The summed E-state index contributed by atoms with van der Waals surface area (Å²) in [5, 5.41) is 0.622. The number of ketones is 1. The summed E-state index contributed by atoms with van der Waals surface area (Å²) in [6.45, 7) is 1.83. The van der Waals surface area contributed by atoms with Crippen LogP contribution in [0.5, 0.6) is 11.5 Å². The van der Waals surface area contributed by atoms with Crippen molar-refractivity contribution in [3.63, 3.8) is 0 Å². The Hall–Kier alpha value is -1.32. The third kappa shape index (κ3) is 3.37. The van der Waals surface area contributed by atoms with Gasteiger partial charge in [-0.05, 0) is 46.3 Å². The standard InChI is InChI=1S/C15H12BrClO2/c1-2-13(18)11-5-3-4-6-14(11)19-15-8-7-10(17)9-12(15)16/h3-9H,2H2,1H3. The number of para-hydroxylation sites is 1. The molecule has 0 aromatic heterocycles. The smallest absolute Gasteiger partial charge is 0.166 e. The molecule has 19 heavy (non-hydrogen) atoms. The first-order chi connectivity index (χ1) is 9.11. The lowest BCUT2D eigenvalue weighted by molar-refractivity contribution is 0.0986. The largest absolute Gasteiger partial charge is 0.455 e. The maximum atomic E-state index is 11.9. The van der Waals surface area contributed by atoms with Gasteiger partial charge in [0.1, 0.15) is 11.5 Å². The summed E-state index contributed by atoms with van der Waals surface area (Å²) in [5.74, 6) is 1.24. The van der Waals surface area contributed by atoms with Crippen LogP contribution in [0.3, 0.4) is 0 Å². The SMILES string of the molecule is CCC(=O)c1ccccc1Oc1ccc(Cl)cc1Br. The van der Waals surface area contributed by atoms with Gasteiger partial charge in [0.05, 0.1) is 10.0 Å². The van der Waals surface area contributed by atoms with Gasteiger partial charge in [-0.1, -0.05) is 30.7 Å². The van der Waals surface area contributed by atoms with Gasteiger partial charge in [-0.3, -0.25) is 4.79 Å². The van der Waals surface area contributed by atoms with E-state index >= 15 is 0 Å². The molecule has 2 nitrogen and oxygen atoms in total. The molecule has 0 saturated heterocycles. The van der Waals surface area contributed by atoms with E-state index < -0.39 is 0 Å². The molecule has 98 valence electrons. The highest BCUT2D eigenvalue weighted by Crippen LogP contribution is 2.33. The zero-order chi connectivity index (χ0) is 13.8. The number of carbonyl (C=O) groups excluding carboxylic acids is 1. The molecule has 0 spiro atoms. The van der Waals surface area contributed by atoms with E-state index in [1.54, 1.807) is 30.3 Å².